The van der Waals surface area contributed by atoms with E-state index < -0.39 is 28.5 Å². The molecule has 0 bridgehead atoms. The number of benzene rings is 1. The first-order valence-electron chi connectivity index (χ1n) is 7.78. The van der Waals surface area contributed by atoms with Crippen LogP contribution in [0.25, 0.3) is 0 Å². The molecule has 1 heterocycles. The molecule has 26 heavy (non-hydrogen) atoms. The van der Waals surface area contributed by atoms with Crippen molar-refractivity contribution in [1.82, 2.24) is 9.62 Å². The summed E-state index contributed by atoms with van der Waals surface area (Å²) in [6.07, 6.45) is 1.50. The van der Waals surface area contributed by atoms with Crippen molar-refractivity contribution < 1.29 is 27.5 Å². The van der Waals surface area contributed by atoms with Crippen LogP contribution in [0.3, 0.4) is 0 Å². The fraction of sp³-hybridized carbons (Fsp3) is 0.375. The summed E-state index contributed by atoms with van der Waals surface area (Å²) in [5, 5.41) is 2.47. The van der Waals surface area contributed by atoms with Gasteiger partial charge in [-0.15, -0.1) is 6.58 Å². The molecule has 0 saturated carbocycles. The second-order valence-electron chi connectivity index (χ2n) is 5.33. The quantitative estimate of drug-likeness (QED) is 0.493. The van der Waals surface area contributed by atoms with Crippen LogP contribution in [0.1, 0.15) is 10.4 Å². The Morgan fingerprint density at radius 1 is 1.35 bits per heavy atom. The molecule has 1 aliphatic heterocycles. The number of carbonyl (C=O) groups excluding carboxylic acids is 2. The van der Waals surface area contributed by atoms with Gasteiger partial charge in [-0.1, -0.05) is 6.08 Å². The van der Waals surface area contributed by atoms with E-state index >= 15 is 0 Å². The maximum atomic E-state index is 12.8. The van der Waals surface area contributed by atoms with E-state index in [9.17, 15) is 18.0 Å². The lowest BCUT2D eigenvalue weighted by molar-refractivity contribution is -0.124. The molecule has 1 N–H and O–H groups in total. The highest BCUT2D eigenvalue weighted by Crippen LogP contribution is 2.27. The number of sulfonamides is 1. The van der Waals surface area contributed by atoms with Gasteiger partial charge in [0.05, 0.1) is 23.7 Å². The van der Waals surface area contributed by atoms with Gasteiger partial charge in [-0.05, 0) is 34.1 Å². The highest BCUT2D eigenvalue weighted by atomic mass is 79.9. The number of nitrogens with one attached hydrogen (secondary N) is 1. The lowest BCUT2D eigenvalue weighted by Crippen LogP contribution is -2.40. The Kier molecular flexibility index (Phi) is 7.33. The molecule has 1 fully saturated rings. The van der Waals surface area contributed by atoms with Crippen molar-refractivity contribution in [3.05, 3.63) is 40.9 Å². The minimum atomic E-state index is -3.78. The van der Waals surface area contributed by atoms with Gasteiger partial charge in [0, 0.05) is 24.1 Å². The molecule has 1 saturated heterocycles. The Hall–Kier alpha value is -1.75. The highest BCUT2D eigenvalue weighted by Gasteiger charge is 2.29. The van der Waals surface area contributed by atoms with Crippen molar-refractivity contribution in [2.45, 2.75) is 4.90 Å². The van der Waals surface area contributed by atoms with Crippen LogP contribution in [0.2, 0.25) is 0 Å². The predicted molar refractivity (Wildman–Crippen MR) is 97.2 cm³/mol. The summed E-state index contributed by atoms with van der Waals surface area (Å²) in [7, 11) is -3.78. The summed E-state index contributed by atoms with van der Waals surface area (Å²) in [5.74, 6) is -1.26. The molecule has 2 rings (SSSR count). The minimum absolute atomic E-state index is 0.0371. The molecule has 0 atom stereocenters. The predicted octanol–water partition coefficient (Wildman–Crippen LogP) is 0.929. The van der Waals surface area contributed by atoms with E-state index in [-0.39, 0.29) is 30.1 Å². The van der Waals surface area contributed by atoms with Gasteiger partial charge in [0.15, 0.2) is 6.61 Å². The molecule has 10 heteroatoms. The molecule has 1 aromatic carbocycles. The SMILES string of the molecule is C=CCNC(=O)COC(=O)c1ccc(Br)c(S(=O)(=O)N2CCOCC2)c1. The van der Waals surface area contributed by atoms with Crippen molar-refractivity contribution in [2.24, 2.45) is 0 Å². The number of nitrogens with zero attached hydrogens (tertiary/aromatic N) is 1. The molecule has 0 aromatic heterocycles. The fourth-order valence-electron chi connectivity index (χ4n) is 2.21. The lowest BCUT2D eigenvalue weighted by Gasteiger charge is -2.26. The Labute approximate surface area is 160 Å². The molecule has 0 radical (unpaired) electrons. The first-order valence-corrected chi connectivity index (χ1v) is 10.0. The van der Waals surface area contributed by atoms with Crippen molar-refractivity contribution >= 4 is 37.8 Å². The number of carbonyl (C=O) groups is 2. The number of hydrogen-bond donors (Lipinski definition) is 1. The minimum Gasteiger partial charge on any atom is -0.452 e. The summed E-state index contributed by atoms with van der Waals surface area (Å²) >= 11 is 3.21. The number of amides is 1. The van der Waals surface area contributed by atoms with Gasteiger partial charge in [-0.25, -0.2) is 13.2 Å². The zero-order valence-electron chi connectivity index (χ0n) is 13.9. The topological polar surface area (TPSA) is 102 Å². The Bertz CT molecular complexity index is 790. The number of esters is 1. The molecular weight excluding hydrogens is 428 g/mol. The van der Waals surface area contributed by atoms with Gasteiger partial charge >= 0.3 is 5.97 Å². The van der Waals surface area contributed by atoms with Crippen molar-refractivity contribution in [3.63, 3.8) is 0 Å². The van der Waals surface area contributed by atoms with E-state index in [0.29, 0.717) is 17.7 Å². The molecule has 0 spiro atoms. The highest BCUT2D eigenvalue weighted by molar-refractivity contribution is 9.10. The van der Waals surface area contributed by atoms with Crippen LogP contribution in [-0.4, -0.2) is 64.1 Å². The van der Waals surface area contributed by atoms with Crippen LogP contribution in [0.4, 0.5) is 0 Å². The van der Waals surface area contributed by atoms with Crippen molar-refractivity contribution in [2.75, 3.05) is 39.5 Å². The Balaban J connectivity index is 2.14. The largest absolute Gasteiger partial charge is 0.452 e. The van der Waals surface area contributed by atoms with Crippen LogP contribution >= 0.6 is 15.9 Å². The Morgan fingerprint density at radius 2 is 2.04 bits per heavy atom. The zero-order valence-corrected chi connectivity index (χ0v) is 16.3. The maximum absolute atomic E-state index is 12.8. The maximum Gasteiger partial charge on any atom is 0.338 e. The summed E-state index contributed by atoms with van der Waals surface area (Å²) < 4.78 is 37.3. The van der Waals surface area contributed by atoms with Gasteiger partial charge in [0.25, 0.3) is 5.91 Å². The third-order valence-electron chi connectivity index (χ3n) is 3.53. The van der Waals surface area contributed by atoms with E-state index in [4.69, 9.17) is 9.47 Å². The molecule has 142 valence electrons. The molecule has 8 nitrogen and oxygen atoms in total. The summed E-state index contributed by atoms with van der Waals surface area (Å²) in [6.45, 7) is 4.38. The van der Waals surface area contributed by atoms with Gasteiger partial charge in [-0.3, -0.25) is 4.79 Å². The molecule has 1 aliphatic rings. The van der Waals surface area contributed by atoms with Crippen LogP contribution in [-0.2, 0) is 24.3 Å². The number of ether oxygens (including phenoxy) is 2. The van der Waals surface area contributed by atoms with Gasteiger partial charge in [-0.2, -0.15) is 4.31 Å². The standard InChI is InChI=1S/C16H19BrN2O6S/c1-2-5-18-15(20)11-25-16(21)12-3-4-13(17)14(10-12)26(22,23)19-6-8-24-9-7-19/h2-4,10H,1,5-9,11H2,(H,18,20). The molecule has 0 aliphatic carbocycles. The average molecular weight is 447 g/mol. The summed E-state index contributed by atoms with van der Waals surface area (Å²) in [4.78, 5) is 23.6. The molecular formula is C16H19BrN2O6S. The van der Waals surface area contributed by atoms with Crippen LogP contribution in [0.15, 0.2) is 40.2 Å². The lowest BCUT2D eigenvalue weighted by atomic mass is 10.2. The monoisotopic (exact) mass is 446 g/mol. The van der Waals surface area contributed by atoms with Gasteiger partial charge in [0.2, 0.25) is 10.0 Å². The second-order valence-corrected chi connectivity index (χ2v) is 8.09. The molecule has 1 amide bonds. The fourth-order valence-corrected chi connectivity index (χ4v) is 4.56. The number of rotatable bonds is 7. The first-order chi connectivity index (χ1) is 12.4. The number of morpholine rings is 1. The van der Waals surface area contributed by atoms with E-state index in [1.165, 1.54) is 28.6 Å². The van der Waals surface area contributed by atoms with Gasteiger partial charge in [0.1, 0.15) is 0 Å². The van der Waals surface area contributed by atoms with E-state index in [1.54, 1.807) is 0 Å². The summed E-state index contributed by atoms with van der Waals surface area (Å²) in [5.41, 5.74) is 0.0385. The van der Waals surface area contributed by atoms with Gasteiger partial charge < -0.3 is 14.8 Å². The smallest absolute Gasteiger partial charge is 0.338 e. The average Bonchev–Trinajstić information content (AvgIpc) is 2.65. The number of hydrogen-bond acceptors (Lipinski definition) is 6. The number of halogens is 1. The molecule has 1 aromatic rings. The Morgan fingerprint density at radius 3 is 2.69 bits per heavy atom. The third-order valence-corrected chi connectivity index (χ3v) is 6.43. The van der Waals surface area contributed by atoms with Crippen molar-refractivity contribution in [1.29, 1.82) is 0 Å². The van der Waals surface area contributed by atoms with E-state index in [1.807, 2.05) is 0 Å². The zero-order chi connectivity index (χ0) is 19.2. The van der Waals surface area contributed by atoms with Crippen LogP contribution < -0.4 is 5.32 Å². The summed E-state index contributed by atoms with van der Waals surface area (Å²) in [6, 6.07) is 4.12. The van der Waals surface area contributed by atoms with Crippen molar-refractivity contribution in [3.8, 4) is 0 Å². The van der Waals surface area contributed by atoms with E-state index in [0.717, 1.165) is 0 Å². The first kappa shape index (κ1) is 20.6. The second kappa shape index (κ2) is 9.26. The third kappa shape index (κ3) is 5.13. The molecule has 0 unspecified atom stereocenters. The van der Waals surface area contributed by atoms with Crippen LogP contribution in [0, 0.1) is 0 Å². The normalized spacial score (nSPS) is 15.3. The van der Waals surface area contributed by atoms with E-state index in [2.05, 4.69) is 27.8 Å². The van der Waals surface area contributed by atoms with Crippen LogP contribution in [0.5, 0.6) is 0 Å².